The van der Waals surface area contributed by atoms with Crippen molar-refractivity contribution >= 4 is 50.2 Å². The number of rotatable bonds is 4. The molecule has 3 rings (SSSR count). The highest BCUT2D eigenvalue weighted by Crippen LogP contribution is 2.33. The molecule has 1 atom stereocenters. The Morgan fingerprint density at radius 2 is 2.05 bits per heavy atom. The van der Waals surface area contributed by atoms with E-state index >= 15 is 0 Å². The van der Waals surface area contributed by atoms with Crippen LogP contribution >= 0.6 is 11.6 Å². The summed E-state index contributed by atoms with van der Waals surface area (Å²) in [6, 6.07) is 11.0. The molecule has 1 amide bonds. The Morgan fingerprint density at radius 3 is 2.81 bits per heavy atom. The molecule has 0 saturated carbocycles. The smallest absolute Gasteiger partial charge is 0.230 e. The predicted molar refractivity (Wildman–Crippen MR) is 84.6 cm³/mol. The molecular formula is C15H12ClNO3S. The fourth-order valence-corrected chi connectivity index (χ4v) is 3.55. The maximum Gasteiger partial charge on any atom is 0.230 e. The van der Waals surface area contributed by atoms with E-state index in [2.05, 4.69) is 0 Å². The molecule has 1 aromatic heterocycles. The van der Waals surface area contributed by atoms with Crippen LogP contribution in [0.25, 0.3) is 21.9 Å². The van der Waals surface area contributed by atoms with E-state index in [1.54, 1.807) is 12.1 Å². The van der Waals surface area contributed by atoms with Gasteiger partial charge in [0.05, 0.1) is 0 Å². The van der Waals surface area contributed by atoms with Crippen molar-refractivity contribution in [1.82, 2.24) is 0 Å². The van der Waals surface area contributed by atoms with Gasteiger partial charge in [-0.3, -0.25) is 9.00 Å². The van der Waals surface area contributed by atoms with Gasteiger partial charge >= 0.3 is 0 Å². The average Bonchev–Trinajstić information content (AvgIpc) is 2.75. The molecule has 2 aromatic carbocycles. The van der Waals surface area contributed by atoms with Gasteiger partial charge in [0.25, 0.3) is 0 Å². The fraction of sp³-hybridized carbons (Fsp3) is 0.133. The van der Waals surface area contributed by atoms with Gasteiger partial charge in [-0.05, 0) is 23.8 Å². The monoisotopic (exact) mass is 321 g/mol. The molecular weight excluding hydrogens is 310 g/mol. The zero-order valence-corrected chi connectivity index (χ0v) is 12.5. The van der Waals surface area contributed by atoms with Crippen molar-refractivity contribution in [2.75, 3.05) is 5.75 Å². The number of amides is 1. The number of nitrogens with two attached hydrogens (primary N) is 1. The van der Waals surface area contributed by atoms with Crippen LogP contribution in [0.1, 0.15) is 5.56 Å². The van der Waals surface area contributed by atoms with Crippen molar-refractivity contribution in [2.45, 2.75) is 5.75 Å². The first-order chi connectivity index (χ1) is 10.0. The molecule has 1 heterocycles. The fourth-order valence-electron chi connectivity index (χ4n) is 2.38. The van der Waals surface area contributed by atoms with Gasteiger partial charge in [-0.2, -0.15) is 0 Å². The number of halogens is 1. The first kappa shape index (κ1) is 14.1. The minimum Gasteiger partial charge on any atom is -0.456 e. The van der Waals surface area contributed by atoms with Gasteiger partial charge in [0, 0.05) is 38.4 Å². The second-order valence-corrected chi connectivity index (χ2v) is 6.62. The molecule has 0 fully saturated rings. The van der Waals surface area contributed by atoms with E-state index in [9.17, 15) is 9.00 Å². The highest BCUT2D eigenvalue weighted by molar-refractivity contribution is 7.84. The van der Waals surface area contributed by atoms with Gasteiger partial charge in [-0.1, -0.05) is 23.7 Å². The maximum absolute atomic E-state index is 11.9. The van der Waals surface area contributed by atoms with Gasteiger partial charge in [0.2, 0.25) is 5.91 Å². The summed E-state index contributed by atoms with van der Waals surface area (Å²) < 4.78 is 17.7. The number of carbonyl (C=O) groups excluding carboxylic acids is 1. The first-order valence-electron chi connectivity index (χ1n) is 6.27. The number of primary amides is 1. The van der Waals surface area contributed by atoms with Gasteiger partial charge in [-0.15, -0.1) is 0 Å². The molecule has 0 spiro atoms. The Labute approximate surface area is 128 Å². The summed E-state index contributed by atoms with van der Waals surface area (Å²) in [6.07, 6.45) is 0. The van der Waals surface area contributed by atoms with Gasteiger partial charge in [0.1, 0.15) is 16.9 Å². The topological polar surface area (TPSA) is 73.3 Å². The first-order valence-corrected chi connectivity index (χ1v) is 8.14. The number of furan rings is 1. The normalized spacial score (nSPS) is 12.8. The van der Waals surface area contributed by atoms with Crippen molar-refractivity contribution in [3.63, 3.8) is 0 Å². The average molecular weight is 322 g/mol. The lowest BCUT2D eigenvalue weighted by atomic mass is 10.1. The number of hydrogen-bond acceptors (Lipinski definition) is 3. The number of hydrogen-bond donors (Lipinski definition) is 1. The molecule has 108 valence electrons. The lowest BCUT2D eigenvalue weighted by Crippen LogP contribution is -2.20. The lowest BCUT2D eigenvalue weighted by molar-refractivity contribution is -0.115. The van der Waals surface area contributed by atoms with Crippen LogP contribution in [0.5, 0.6) is 0 Å². The summed E-state index contributed by atoms with van der Waals surface area (Å²) >= 11 is 5.97. The SMILES string of the molecule is NC(=O)CS(=O)Cc1cccc2oc3cc(Cl)ccc3c12. The van der Waals surface area contributed by atoms with E-state index < -0.39 is 16.7 Å². The van der Waals surface area contributed by atoms with E-state index in [-0.39, 0.29) is 11.5 Å². The molecule has 3 aromatic rings. The molecule has 21 heavy (non-hydrogen) atoms. The molecule has 0 bridgehead atoms. The highest BCUT2D eigenvalue weighted by atomic mass is 35.5. The van der Waals surface area contributed by atoms with Crippen LogP contribution in [0.3, 0.4) is 0 Å². The quantitative estimate of drug-likeness (QED) is 0.802. The largest absolute Gasteiger partial charge is 0.456 e. The van der Waals surface area contributed by atoms with Gasteiger partial charge in [-0.25, -0.2) is 0 Å². The van der Waals surface area contributed by atoms with Crippen molar-refractivity contribution in [1.29, 1.82) is 0 Å². The Balaban J connectivity index is 2.12. The second-order valence-electron chi connectivity index (χ2n) is 4.73. The lowest BCUT2D eigenvalue weighted by Gasteiger charge is -2.02. The van der Waals surface area contributed by atoms with Crippen LogP contribution in [0, 0.1) is 0 Å². The van der Waals surface area contributed by atoms with Crippen LogP contribution in [-0.2, 0) is 21.3 Å². The molecule has 1 unspecified atom stereocenters. The van der Waals surface area contributed by atoms with Crippen molar-refractivity contribution in [2.24, 2.45) is 5.73 Å². The second kappa shape index (κ2) is 5.50. The molecule has 0 radical (unpaired) electrons. The van der Waals surface area contributed by atoms with Crippen molar-refractivity contribution < 1.29 is 13.4 Å². The van der Waals surface area contributed by atoms with E-state index in [0.717, 1.165) is 16.3 Å². The van der Waals surface area contributed by atoms with E-state index in [1.165, 1.54) is 0 Å². The Hall–Kier alpha value is -1.85. The third kappa shape index (κ3) is 2.80. The molecule has 4 nitrogen and oxygen atoms in total. The minimum absolute atomic E-state index is 0.141. The Bertz CT molecular complexity index is 872. The van der Waals surface area contributed by atoms with Gasteiger partial charge < -0.3 is 10.2 Å². The molecule has 6 heteroatoms. The van der Waals surface area contributed by atoms with E-state index in [0.29, 0.717) is 16.2 Å². The van der Waals surface area contributed by atoms with Crippen molar-refractivity contribution in [3.05, 3.63) is 47.0 Å². The minimum atomic E-state index is -1.33. The molecule has 2 N–H and O–H groups in total. The van der Waals surface area contributed by atoms with Crippen LogP contribution in [0.15, 0.2) is 40.8 Å². The molecule has 0 saturated heterocycles. The predicted octanol–water partition coefficient (Wildman–Crippen LogP) is 2.97. The number of carbonyl (C=O) groups is 1. The summed E-state index contributed by atoms with van der Waals surface area (Å²) in [5.74, 6) is -0.445. The number of fused-ring (bicyclic) bond motifs is 3. The summed E-state index contributed by atoms with van der Waals surface area (Å²) in [6.45, 7) is 0. The molecule has 0 aliphatic heterocycles. The zero-order valence-electron chi connectivity index (χ0n) is 11.0. The Kier molecular flexibility index (Phi) is 3.69. The van der Waals surface area contributed by atoms with Crippen LogP contribution in [0.2, 0.25) is 5.02 Å². The van der Waals surface area contributed by atoms with Crippen LogP contribution < -0.4 is 5.73 Å². The summed E-state index contributed by atoms with van der Waals surface area (Å²) in [5, 5.41) is 2.42. The highest BCUT2D eigenvalue weighted by Gasteiger charge is 2.14. The van der Waals surface area contributed by atoms with Gasteiger partial charge in [0.15, 0.2) is 0 Å². The molecule has 0 aliphatic rings. The van der Waals surface area contributed by atoms with Crippen molar-refractivity contribution in [3.8, 4) is 0 Å². The standard InChI is InChI=1S/C15H12ClNO3S/c16-10-4-5-11-13(6-10)20-12-3-1-2-9(15(11)12)7-21(19)8-14(17)18/h1-6H,7-8H2,(H2,17,18). The van der Waals surface area contributed by atoms with Crippen LogP contribution in [0.4, 0.5) is 0 Å². The van der Waals surface area contributed by atoms with Crippen LogP contribution in [-0.4, -0.2) is 15.9 Å². The third-order valence-corrected chi connectivity index (χ3v) is 4.64. The third-order valence-electron chi connectivity index (χ3n) is 3.17. The van der Waals surface area contributed by atoms with E-state index in [4.69, 9.17) is 21.8 Å². The summed E-state index contributed by atoms with van der Waals surface area (Å²) in [7, 11) is -1.33. The summed E-state index contributed by atoms with van der Waals surface area (Å²) in [4.78, 5) is 10.9. The Morgan fingerprint density at radius 1 is 1.24 bits per heavy atom. The van der Waals surface area contributed by atoms with E-state index in [1.807, 2.05) is 24.3 Å². The number of benzene rings is 2. The zero-order chi connectivity index (χ0) is 15.0. The summed E-state index contributed by atoms with van der Waals surface area (Å²) in [5.41, 5.74) is 7.35. The maximum atomic E-state index is 11.9. The molecule has 0 aliphatic carbocycles.